The largest absolute Gasteiger partial charge is 0.314 e. The number of amidine groups is 1. The average molecular weight is 428 g/mol. The zero-order valence-electron chi connectivity index (χ0n) is 15.2. The zero-order valence-corrected chi connectivity index (χ0v) is 16.8. The quantitative estimate of drug-likeness (QED) is 0.643. The summed E-state index contributed by atoms with van der Waals surface area (Å²) in [5, 5.41) is 17.2. The van der Waals surface area contributed by atoms with Gasteiger partial charge in [0.2, 0.25) is 10.0 Å². The predicted molar refractivity (Wildman–Crippen MR) is 111 cm³/mol. The molecule has 0 amide bonds. The van der Waals surface area contributed by atoms with Gasteiger partial charge in [-0.3, -0.25) is 4.40 Å². The Balaban J connectivity index is 1.80. The molecule has 0 spiro atoms. The fraction of sp³-hybridized carbons (Fsp3) is 0.222. The SMILES string of the molecule is NS(=O)(=O)c1c(SC2CNC2)ccc(-c2cnc3ccccn23)c1C1=NCN=N1. The minimum absolute atomic E-state index is 0.0392. The molecule has 1 aromatic carbocycles. The van der Waals surface area contributed by atoms with E-state index >= 15 is 0 Å². The molecule has 2 aliphatic heterocycles. The van der Waals surface area contributed by atoms with Crippen molar-refractivity contribution in [3.8, 4) is 11.3 Å². The van der Waals surface area contributed by atoms with E-state index in [9.17, 15) is 8.42 Å². The van der Waals surface area contributed by atoms with Crippen molar-refractivity contribution in [3.05, 3.63) is 48.3 Å². The van der Waals surface area contributed by atoms with E-state index in [0.29, 0.717) is 16.0 Å². The average Bonchev–Trinajstić information content (AvgIpc) is 3.33. The van der Waals surface area contributed by atoms with Gasteiger partial charge in [-0.15, -0.1) is 16.9 Å². The van der Waals surface area contributed by atoms with Crippen molar-refractivity contribution < 1.29 is 8.42 Å². The Labute approximate surface area is 171 Å². The molecule has 3 N–H and O–H groups in total. The van der Waals surface area contributed by atoms with Crippen LogP contribution >= 0.6 is 11.8 Å². The monoisotopic (exact) mass is 427 g/mol. The van der Waals surface area contributed by atoms with E-state index in [-0.39, 0.29) is 22.6 Å². The van der Waals surface area contributed by atoms with Crippen molar-refractivity contribution in [2.45, 2.75) is 15.0 Å². The lowest BCUT2D eigenvalue weighted by atomic mass is 10.0. The number of primary sulfonamides is 1. The van der Waals surface area contributed by atoms with Gasteiger partial charge in [0, 0.05) is 35.0 Å². The van der Waals surface area contributed by atoms with Crippen LogP contribution in [-0.2, 0) is 10.0 Å². The Bertz CT molecular complexity index is 1280. The molecular formula is C18H17N7O2S2. The lowest BCUT2D eigenvalue weighted by Gasteiger charge is -2.27. The second-order valence-electron chi connectivity index (χ2n) is 6.70. The van der Waals surface area contributed by atoms with Crippen LogP contribution in [-0.4, -0.2) is 48.6 Å². The first kappa shape index (κ1) is 18.4. The van der Waals surface area contributed by atoms with Crippen LogP contribution < -0.4 is 10.5 Å². The second kappa shape index (κ2) is 7.02. The number of nitrogens with two attached hydrogens (primary N) is 1. The number of sulfonamides is 1. The summed E-state index contributed by atoms with van der Waals surface area (Å²) in [4.78, 5) is 9.35. The molecule has 0 aliphatic carbocycles. The van der Waals surface area contributed by atoms with Crippen LogP contribution in [0.5, 0.6) is 0 Å². The third-order valence-corrected chi connectivity index (χ3v) is 7.19. The summed E-state index contributed by atoms with van der Waals surface area (Å²) in [6, 6.07) is 9.34. The first-order valence-corrected chi connectivity index (χ1v) is 11.4. The number of azo groups is 1. The zero-order chi connectivity index (χ0) is 20.0. The highest BCUT2D eigenvalue weighted by Gasteiger charge is 2.30. The van der Waals surface area contributed by atoms with Crippen LogP contribution in [0.3, 0.4) is 0 Å². The Morgan fingerprint density at radius 1 is 1.21 bits per heavy atom. The molecule has 3 aromatic rings. The van der Waals surface area contributed by atoms with Crippen LogP contribution in [0.25, 0.3) is 16.9 Å². The van der Waals surface area contributed by atoms with Gasteiger partial charge in [0.25, 0.3) is 0 Å². The van der Waals surface area contributed by atoms with Gasteiger partial charge < -0.3 is 5.32 Å². The molecule has 0 bridgehead atoms. The summed E-state index contributed by atoms with van der Waals surface area (Å²) >= 11 is 1.50. The number of nitrogens with zero attached hydrogens (tertiary/aromatic N) is 5. The number of imidazole rings is 1. The number of hydrogen-bond donors (Lipinski definition) is 2. The van der Waals surface area contributed by atoms with Gasteiger partial charge in [-0.2, -0.15) is 5.11 Å². The van der Waals surface area contributed by atoms with Gasteiger partial charge in [-0.05, 0) is 18.2 Å². The lowest BCUT2D eigenvalue weighted by Crippen LogP contribution is -2.44. The summed E-state index contributed by atoms with van der Waals surface area (Å²) in [7, 11) is -4.05. The summed E-state index contributed by atoms with van der Waals surface area (Å²) in [6.07, 6.45) is 3.58. The smallest absolute Gasteiger partial charge is 0.239 e. The number of aliphatic imine (C=N–C) groups is 1. The highest BCUT2D eigenvalue weighted by Crippen LogP contribution is 2.39. The maximum absolute atomic E-state index is 12.7. The van der Waals surface area contributed by atoms with Crippen molar-refractivity contribution in [2.24, 2.45) is 20.4 Å². The standard InChI is InChI=1S/C18H17N7O2S2/c19-29(26,27)17-14(28-11-7-20-8-11)5-4-12(16(17)18-22-10-23-24-18)13-9-21-15-3-1-2-6-25(13)15/h1-6,9,11,20H,7-8,10H2,(H2,19,26,27). The van der Waals surface area contributed by atoms with E-state index in [1.54, 1.807) is 12.3 Å². The molecule has 4 heterocycles. The summed E-state index contributed by atoms with van der Waals surface area (Å²) < 4.78 is 27.3. The van der Waals surface area contributed by atoms with Gasteiger partial charge in [-0.1, -0.05) is 12.1 Å². The normalized spacial score (nSPS) is 16.9. The van der Waals surface area contributed by atoms with Crippen molar-refractivity contribution >= 4 is 33.3 Å². The van der Waals surface area contributed by atoms with Crippen molar-refractivity contribution in [1.82, 2.24) is 14.7 Å². The molecule has 0 atom stereocenters. The number of aromatic nitrogens is 2. The highest BCUT2D eigenvalue weighted by atomic mass is 32.2. The number of rotatable bonds is 5. The molecule has 29 heavy (non-hydrogen) atoms. The maximum atomic E-state index is 12.7. The van der Waals surface area contributed by atoms with Gasteiger partial charge in [0.1, 0.15) is 10.5 Å². The first-order valence-electron chi connectivity index (χ1n) is 8.94. The number of fused-ring (bicyclic) bond motifs is 1. The molecule has 5 rings (SSSR count). The van der Waals surface area contributed by atoms with E-state index in [4.69, 9.17) is 5.14 Å². The topological polar surface area (TPSA) is 127 Å². The molecule has 0 saturated carbocycles. The van der Waals surface area contributed by atoms with Gasteiger partial charge in [0.15, 0.2) is 12.5 Å². The molecule has 2 aliphatic rings. The number of benzene rings is 1. The van der Waals surface area contributed by atoms with E-state index in [1.807, 2.05) is 34.9 Å². The fourth-order valence-corrected chi connectivity index (χ4v) is 5.83. The van der Waals surface area contributed by atoms with Crippen molar-refractivity contribution in [2.75, 3.05) is 19.8 Å². The van der Waals surface area contributed by atoms with Gasteiger partial charge in [-0.25, -0.2) is 23.5 Å². The van der Waals surface area contributed by atoms with Gasteiger partial charge >= 0.3 is 0 Å². The van der Waals surface area contributed by atoms with Crippen molar-refractivity contribution in [1.29, 1.82) is 0 Å². The molecule has 1 fully saturated rings. The molecule has 0 unspecified atom stereocenters. The summed E-state index contributed by atoms with van der Waals surface area (Å²) in [6.45, 7) is 1.80. The number of hydrogen-bond acceptors (Lipinski definition) is 8. The summed E-state index contributed by atoms with van der Waals surface area (Å²) in [5.74, 6) is 0.268. The van der Waals surface area contributed by atoms with E-state index < -0.39 is 10.0 Å². The lowest BCUT2D eigenvalue weighted by molar-refractivity contribution is 0.543. The molecule has 11 heteroatoms. The Hall–Kier alpha value is -2.60. The predicted octanol–water partition coefficient (Wildman–Crippen LogP) is 1.88. The van der Waals surface area contributed by atoms with Crippen LogP contribution in [0, 0.1) is 0 Å². The molecule has 0 radical (unpaired) electrons. The van der Waals surface area contributed by atoms with E-state index in [2.05, 4.69) is 25.5 Å². The van der Waals surface area contributed by atoms with Crippen LogP contribution in [0.4, 0.5) is 0 Å². The minimum Gasteiger partial charge on any atom is -0.314 e. The number of nitrogens with one attached hydrogen (secondary N) is 1. The summed E-state index contributed by atoms with van der Waals surface area (Å²) in [5.41, 5.74) is 2.49. The van der Waals surface area contributed by atoms with Gasteiger partial charge in [0.05, 0.1) is 17.5 Å². The second-order valence-corrected chi connectivity index (χ2v) is 9.54. The molecule has 1 saturated heterocycles. The highest BCUT2D eigenvalue weighted by molar-refractivity contribution is 8.00. The Morgan fingerprint density at radius 3 is 2.76 bits per heavy atom. The Kier molecular flexibility index (Phi) is 4.46. The molecule has 9 nitrogen and oxygen atoms in total. The maximum Gasteiger partial charge on any atom is 0.239 e. The molecular weight excluding hydrogens is 410 g/mol. The van der Waals surface area contributed by atoms with Crippen LogP contribution in [0.2, 0.25) is 0 Å². The van der Waals surface area contributed by atoms with Crippen molar-refractivity contribution in [3.63, 3.8) is 0 Å². The fourth-order valence-electron chi connectivity index (χ4n) is 3.39. The molecule has 2 aromatic heterocycles. The number of thioether (sulfide) groups is 1. The third kappa shape index (κ3) is 3.25. The number of pyridine rings is 1. The minimum atomic E-state index is -4.05. The first-order chi connectivity index (χ1) is 14.0. The molecule has 148 valence electrons. The van der Waals surface area contributed by atoms with E-state index in [0.717, 1.165) is 24.4 Å². The van der Waals surface area contributed by atoms with Crippen LogP contribution in [0.1, 0.15) is 5.56 Å². The Morgan fingerprint density at radius 2 is 2.07 bits per heavy atom. The van der Waals surface area contributed by atoms with E-state index in [1.165, 1.54) is 11.8 Å². The van der Waals surface area contributed by atoms with Crippen LogP contribution in [0.15, 0.2) is 67.7 Å². The third-order valence-electron chi connectivity index (χ3n) is 4.81.